The number of ether oxygens (including phenoxy) is 2. The molecule has 4 nitrogen and oxygen atoms in total. The minimum Gasteiger partial charge on any atom is -0.465 e. The lowest BCUT2D eigenvalue weighted by molar-refractivity contribution is -0.168. The molecule has 2 atom stereocenters. The quantitative estimate of drug-likeness (QED) is 0.237. The fraction of sp³-hybridized carbons (Fsp3) is 0.583. The Bertz CT molecular complexity index is 815. The van der Waals surface area contributed by atoms with Crippen LogP contribution in [0.2, 0.25) is 18.6 Å². The Hall–Kier alpha value is -2.02. The Kier molecular flexibility index (Phi) is 7.03. The molecule has 0 saturated heterocycles. The van der Waals surface area contributed by atoms with E-state index in [1.807, 2.05) is 18.2 Å². The van der Waals surface area contributed by atoms with Crippen LogP contribution in [0.15, 0.2) is 42.0 Å². The fourth-order valence-corrected chi connectivity index (χ4v) is 9.17. The first-order valence-electron chi connectivity index (χ1n) is 11.1. The summed E-state index contributed by atoms with van der Waals surface area (Å²) in [5.74, 6) is -2.44. The van der Waals surface area contributed by atoms with Gasteiger partial charge in [-0.3, -0.25) is 9.59 Å². The number of hydrogen-bond acceptors (Lipinski definition) is 4. The second kappa shape index (κ2) is 9.23. The van der Waals surface area contributed by atoms with Crippen LogP contribution in [0.1, 0.15) is 33.1 Å². The lowest BCUT2D eigenvalue weighted by atomic mass is 9.85. The van der Waals surface area contributed by atoms with Crippen molar-refractivity contribution >= 4 is 25.2 Å². The van der Waals surface area contributed by atoms with Gasteiger partial charge in [-0.15, -0.1) is 0 Å². The van der Waals surface area contributed by atoms with Crippen LogP contribution >= 0.6 is 0 Å². The van der Waals surface area contributed by atoms with Gasteiger partial charge in [0.25, 0.3) is 0 Å². The molecule has 2 unspecified atom stereocenters. The summed E-state index contributed by atoms with van der Waals surface area (Å²) < 4.78 is 39.0. The van der Waals surface area contributed by atoms with Crippen molar-refractivity contribution < 1.29 is 27.8 Å². The zero-order chi connectivity index (χ0) is 22.8. The monoisotopic (exact) mass is 450 g/mol. The number of carbonyl (C=O) groups excluding carboxylic acids is 2. The molecule has 3 rings (SSSR count). The molecule has 1 aromatic rings. The summed E-state index contributed by atoms with van der Waals surface area (Å²) in [6.07, 6.45) is 0.514. The van der Waals surface area contributed by atoms with Crippen LogP contribution in [-0.2, 0) is 19.1 Å². The summed E-state index contributed by atoms with van der Waals surface area (Å²) in [6.45, 7) is 7.81. The van der Waals surface area contributed by atoms with Gasteiger partial charge in [0.15, 0.2) is 5.41 Å². The Labute approximate surface area is 184 Å². The van der Waals surface area contributed by atoms with Crippen LogP contribution in [-0.4, -0.2) is 39.7 Å². The number of halogens is 2. The largest absolute Gasteiger partial charge is 0.465 e. The molecule has 1 saturated carbocycles. The smallest absolute Gasteiger partial charge is 0.327 e. The Morgan fingerprint density at radius 3 is 2.06 bits per heavy atom. The van der Waals surface area contributed by atoms with E-state index in [1.165, 1.54) is 11.3 Å². The molecule has 31 heavy (non-hydrogen) atoms. The third-order valence-electron chi connectivity index (χ3n) is 6.71. The van der Waals surface area contributed by atoms with Crippen molar-refractivity contribution in [2.75, 3.05) is 13.2 Å². The molecule has 0 amide bonds. The second-order valence-corrected chi connectivity index (χ2v) is 13.7. The zero-order valence-electron chi connectivity index (χ0n) is 18.7. The van der Waals surface area contributed by atoms with Gasteiger partial charge in [0.1, 0.15) is 0 Å². The Morgan fingerprint density at radius 1 is 1.06 bits per heavy atom. The van der Waals surface area contributed by atoms with Crippen molar-refractivity contribution in [2.24, 2.45) is 17.3 Å². The van der Waals surface area contributed by atoms with E-state index in [4.69, 9.17) is 9.47 Å². The summed E-state index contributed by atoms with van der Waals surface area (Å²) in [4.78, 5) is 25.8. The number of hydrogen-bond donors (Lipinski definition) is 0. The normalized spacial score (nSPS) is 21.5. The maximum atomic E-state index is 14.3. The highest BCUT2D eigenvalue weighted by molar-refractivity contribution is 6.91. The summed E-state index contributed by atoms with van der Waals surface area (Å²) in [6, 6.07) is 10.0. The van der Waals surface area contributed by atoms with Gasteiger partial charge < -0.3 is 9.47 Å². The van der Waals surface area contributed by atoms with Crippen LogP contribution in [0, 0.1) is 17.3 Å². The predicted octanol–water partition coefficient (Wildman–Crippen LogP) is 4.71. The first-order valence-corrected chi connectivity index (χ1v) is 14.2. The van der Waals surface area contributed by atoms with Crippen LogP contribution < -0.4 is 5.19 Å². The average Bonchev–Trinajstić information content (AvgIpc) is 3.47. The van der Waals surface area contributed by atoms with Crippen LogP contribution in [0.5, 0.6) is 0 Å². The molecule has 170 valence electrons. The maximum absolute atomic E-state index is 14.3. The van der Waals surface area contributed by atoms with Gasteiger partial charge in [-0.1, -0.05) is 60.3 Å². The number of allylic oxidation sites excluding steroid dienone is 1. The summed E-state index contributed by atoms with van der Waals surface area (Å²) in [5.41, 5.74) is -1.31. The molecular formula is C24H32F2O4Si. The summed E-state index contributed by atoms with van der Waals surface area (Å²) in [5, 5.41) is 1.19. The van der Waals surface area contributed by atoms with Gasteiger partial charge in [0.05, 0.1) is 21.3 Å². The highest BCUT2D eigenvalue weighted by Crippen LogP contribution is 2.57. The lowest BCUT2D eigenvalue weighted by Gasteiger charge is -2.36. The summed E-state index contributed by atoms with van der Waals surface area (Å²) in [7, 11) is -2.24. The predicted molar refractivity (Wildman–Crippen MR) is 118 cm³/mol. The van der Waals surface area contributed by atoms with E-state index < -0.39 is 37.8 Å². The van der Waals surface area contributed by atoms with Gasteiger partial charge in [0.2, 0.25) is 6.43 Å². The van der Waals surface area contributed by atoms with Crippen molar-refractivity contribution in [1.29, 1.82) is 0 Å². The van der Waals surface area contributed by atoms with E-state index in [9.17, 15) is 18.4 Å². The molecule has 0 radical (unpaired) electrons. The topological polar surface area (TPSA) is 52.6 Å². The molecule has 0 heterocycles. The minimum atomic E-state index is -2.67. The first kappa shape index (κ1) is 23.6. The van der Waals surface area contributed by atoms with E-state index in [0.29, 0.717) is 11.5 Å². The molecule has 0 N–H and O–H groups in total. The van der Waals surface area contributed by atoms with Crippen LogP contribution in [0.4, 0.5) is 8.78 Å². The van der Waals surface area contributed by atoms with E-state index in [1.54, 1.807) is 13.8 Å². The van der Waals surface area contributed by atoms with Gasteiger partial charge in [0, 0.05) is 5.92 Å². The summed E-state index contributed by atoms with van der Waals surface area (Å²) >= 11 is 0. The Morgan fingerprint density at radius 2 is 1.61 bits per heavy atom. The van der Waals surface area contributed by atoms with Gasteiger partial charge in [-0.2, -0.15) is 0 Å². The van der Waals surface area contributed by atoms with Crippen molar-refractivity contribution in [2.45, 2.75) is 58.2 Å². The first-order chi connectivity index (χ1) is 14.7. The molecular weight excluding hydrogens is 418 g/mol. The van der Waals surface area contributed by atoms with Crippen LogP contribution in [0.3, 0.4) is 0 Å². The molecule has 0 aliphatic heterocycles. The molecule has 0 bridgehead atoms. The molecule has 2 aliphatic rings. The SMILES string of the molecule is CCOC(=O)C1(C(=O)OCC)C=C(C(C2CC2)[Si](C)(C)c2ccccc2)C(C(F)F)C1. The molecule has 7 heteroatoms. The number of esters is 2. The lowest BCUT2D eigenvalue weighted by Crippen LogP contribution is -2.48. The number of rotatable bonds is 9. The van der Waals surface area contributed by atoms with Gasteiger partial charge in [-0.05, 0) is 44.6 Å². The van der Waals surface area contributed by atoms with E-state index >= 15 is 0 Å². The number of benzene rings is 1. The van der Waals surface area contributed by atoms with E-state index in [2.05, 4.69) is 25.2 Å². The molecule has 1 fully saturated rings. The Balaban J connectivity index is 2.13. The number of alkyl halides is 2. The van der Waals surface area contributed by atoms with Crippen molar-refractivity contribution in [3.05, 3.63) is 42.0 Å². The van der Waals surface area contributed by atoms with Crippen molar-refractivity contribution in [1.82, 2.24) is 0 Å². The second-order valence-electron chi connectivity index (χ2n) is 9.10. The molecule has 1 aromatic carbocycles. The minimum absolute atomic E-state index is 0.0683. The third-order valence-corrected chi connectivity index (χ3v) is 10.9. The highest BCUT2D eigenvalue weighted by Gasteiger charge is 2.59. The van der Waals surface area contributed by atoms with Crippen molar-refractivity contribution in [3.63, 3.8) is 0 Å². The average molecular weight is 451 g/mol. The van der Waals surface area contributed by atoms with Gasteiger partial charge in [-0.25, -0.2) is 8.78 Å². The standard InChI is InChI=1S/C24H32F2O4Si/c1-5-29-22(27)24(23(28)30-6-2)14-18(19(15-24)21(25)26)20(16-12-13-16)31(3,4)17-10-8-7-9-11-17/h7-11,14,16,19-21H,5-6,12-13,15H2,1-4H3. The molecule has 0 aromatic heterocycles. The van der Waals surface area contributed by atoms with E-state index in [0.717, 1.165) is 12.8 Å². The van der Waals surface area contributed by atoms with Crippen LogP contribution in [0.25, 0.3) is 0 Å². The fourth-order valence-electron chi connectivity index (χ4n) is 5.11. The third kappa shape index (κ3) is 4.47. The molecule has 0 spiro atoms. The van der Waals surface area contributed by atoms with Crippen molar-refractivity contribution in [3.8, 4) is 0 Å². The van der Waals surface area contributed by atoms with E-state index in [-0.39, 0.29) is 25.2 Å². The highest BCUT2D eigenvalue weighted by atomic mass is 28.3. The maximum Gasteiger partial charge on any atom is 0.327 e. The zero-order valence-corrected chi connectivity index (χ0v) is 19.7. The van der Waals surface area contributed by atoms with Gasteiger partial charge >= 0.3 is 11.9 Å². The number of carbonyl (C=O) groups is 2. The molecule has 2 aliphatic carbocycles.